The van der Waals surface area contributed by atoms with Crippen LogP contribution in [0.3, 0.4) is 0 Å². The molecule has 0 aliphatic rings. The largest absolute Gasteiger partial charge is 0.493 e. The molecule has 0 aromatic heterocycles. The Kier molecular flexibility index (Phi) is 12.8. The fraction of sp³-hybridized carbons (Fsp3) is 0.652. The van der Waals surface area contributed by atoms with Crippen LogP contribution in [0.5, 0.6) is 17.2 Å². The Labute approximate surface area is 169 Å². The van der Waals surface area contributed by atoms with Gasteiger partial charge in [-0.2, -0.15) is 0 Å². The Balaban J connectivity index is 2.77. The quantitative estimate of drug-likeness (QED) is 0.201. The smallest absolute Gasteiger partial charge is 0.311 e. The summed E-state index contributed by atoms with van der Waals surface area (Å²) < 4.78 is 16.7. The van der Waals surface area contributed by atoms with Gasteiger partial charge in [-0.15, -0.1) is 0 Å². The normalized spacial score (nSPS) is 10.5. The third-order valence-corrected chi connectivity index (χ3v) is 4.35. The SMILES string of the molecule is CCCCCOc1ccc(OC(=O)CCCCC)c(OC(=O)CCCCC)c1. The average Bonchev–Trinajstić information content (AvgIpc) is 2.67. The molecule has 0 aliphatic heterocycles. The van der Waals surface area contributed by atoms with E-state index in [4.69, 9.17) is 14.2 Å². The summed E-state index contributed by atoms with van der Waals surface area (Å²) in [7, 11) is 0. The number of carbonyl (C=O) groups excluding carboxylic acids is 2. The number of ether oxygens (including phenoxy) is 3. The van der Waals surface area contributed by atoms with Crippen molar-refractivity contribution >= 4 is 11.9 Å². The minimum atomic E-state index is -0.320. The maximum absolute atomic E-state index is 12.1. The maximum atomic E-state index is 12.1. The van der Waals surface area contributed by atoms with Crippen molar-refractivity contribution in [1.29, 1.82) is 0 Å². The molecule has 0 unspecified atom stereocenters. The van der Waals surface area contributed by atoms with Crippen LogP contribution in [0.1, 0.15) is 91.4 Å². The Hall–Kier alpha value is -2.04. The summed E-state index contributed by atoms with van der Waals surface area (Å²) in [6.07, 6.45) is 9.52. The van der Waals surface area contributed by atoms with Gasteiger partial charge in [-0.3, -0.25) is 9.59 Å². The molecule has 5 nitrogen and oxygen atoms in total. The van der Waals surface area contributed by atoms with Crippen molar-refractivity contribution in [2.75, 3.05) is 6.61 Å². The zero-order chi connectivity index (χ0) is 20.6. The van der Waals surface area contributed by atoms with Crippen molar-refractivity contribution < 1.29 is 23.8 Å². The maximum Gasteiger partial charge on any atom is 0.311 e. The predicted molar refractivity (Wildman–Crippen MR) is 111 cm³/mol. The minimum Gasteiger partial charge on any atom is -0.493 e. The van der Waals surface area contributed by atoms with Crippen molar-refractivity contribution in [3.05, 3.63) is 18.2 Å². The molecule has 5 heteroatoms. The van der Waals surface area contributed by atoms with E-state index in [-0.39, 0.29) is 23.4 Å². The van der Waals surface area contributed by atoms with Crippen molar-refractivity contribution in [1.82, 2.24) is 0 Å². The summed E-state index contributed by atoms with van der Waals surface area (Å²) in [5.41, 5.74) is 0. The molecule has 0 spiro atoms. The van der Waals surface area contributed by atoms with Crippen LogP contribution in [0.15, 0.2) is 18.2 Å². The number of hydrogen-bond donors (Lipinski definition) is 0. The first-order chi connectivity index (χ1) is 13.6. The standard InChI is InChI=1S/C23H36O5/c1-4-7-10-13-22(24)27-20-16-15-19(26-17-12-9-6-3)18-21(20)28-23(25)14-11-8-5-2/h15-16,18H,4-14,17H2,1-3H3. The first-order valence-corrected chi connectivity index (χ1v) is 10.8. The molecule has 0 aliphatic carbocycles. The molecule has 0 atom stereocenters. The highest BCUT2D eigenvalue weighted by Crippen LogP contribution is 2.32. The van der Waals surface area contributed by atoms with Crippen LogP contribution in [-0.4, -0.2) is 18.5 Å². The summed E-state index contributed by atoms with van der Waals surface area (Å²) in [4.78, 5) is 24.2. The third-order valence-electron chi connectivity index (χ3n) is 4.35. The lowest BCUT2D eigenvalue weighted by molar-refractivity contribution is -0.137. The first kappa shape index (κ1) is 24.0. The first-order valence-electron chi connectivity index (χ1n) is 10.8. The number of benzene rings is 1. The van der Waals surface area contributed by atoms with E-state index in [2.05, 4.69) is 20.8 Å². The van der Waals surface area contributed by atoms with E-state index < -0.39 is 0 Å². The second-order valence-corrected chi connectivity index (χ2v) is 7.03. The second kappa shape index (κ2) is 14.9. The molecule has 0 saturated heterocycles. The monoisotopic (exact) mass is 392 g/mol. The van der Waals surface area contributed by atoms with Crippen LogP contribution < -0.4 is 14.2 Å². The van der Waals surface area contributed by atoms with Crippen molar-refractivity contribution in [3.63, 3.8) is 0 Å². The van der Waals surface area contributed by atoms with Gasteiger partial charge in [0.2, 0.25) is 0 Å². The summed E-state index contributed by atoms with van der Waals surface area (Å²) in [5.74, 6) is 0.496. The van der Waals surface area contributed by atoms with Crippen LogP contribution in [0.4, 0.5) is 0 Å². The molecule has 0 heterocycles. The number of esters is 2. The molecular formula is C23H36O5. The van der Waals surface area contributed by atoms with E-state index in [9.17, 15) is 9.59 Å². The topological polar surface area (TPSA) is 61.8 Å². The van der Waals surface area contributed by atoms with Crippen molar-refractivity contribution in [2.45, 2.75) is 91.4 Å². The van der Waals surface area contributed by atoms with E-state index in [0.717, 1.165) is 57.8 Å². The molecule has 1 aromatic rings. The Bertz CT molecular complexity index is 582. The zero-order valence-electron chi connectivity index (χ0n) is 17.8. The minimum absolute atomic E-state index is 0.248. The van der Waals surface area contributed by atoms with Gasteiger partial charge in [0.25, 0.3) is 0 Å². The van der Waals surface area contributed by atoms with Gasteiger partial charge in [0, 0.05) is 18.9 Å². The molecule has 0 bridgehead atoms. The number of carbonyl (C=O) groups is 2. The number of hydrogen-bond acceptors (Lipinski definition) is 5. The van der Waals surface area contributed by atoms with E-state index in [1.165, 1.54) is 0 Å². The molecule has 1 aromatic carbocycles. The molecule has 1 rings (SSSR count). The van der Waals surface area contributed by atoms with E-state index in [1.54, 1.807) is 18.2 Å². The fourth-order valence-electron chi connectivity index (χ4n) is 2.67. The highest BCUT2D eigenvalue weighted by atomic mass is 16.6. The molecule has 0 radical (unpaired) electrons. The second-order valence-electron chi connectivity index (χ2n) is 7.03. The van der Waals surface area contributed by atoms with Crippen molar-refractivity contribution in [3.8, 4) is 17.2 Å². The Morgan fingerprint density at radius 3 is 1.82 bits per heavy atom. The van der Waals surface area contributed by atoms with Gasteiger partial charge in [-0.1, -0.05) is 59.3 Å². The lowest BCUT2D eigenvalue weighted by Gasteiger charge is -2.13. The van der Waals surface area contributed by atoms with Gasteiger partial charge in [0.1, 0.15) is 5.75 Å². The molecular weight excluding hydrogens is 356 g/mol. The van der Waals surface area contributed by atoms with E-state index in [0.29, 0.717) is 25.2 Å². The summed E-state index contributed by atoms with van der Waals surface area (Å²) in [5, 5.41) is 0. The average molecular weight is 393 g/mol. The van der Waals surface area contributed by atoms with Crippen LogP contribution in [-0.2, 0) is 9.59 Å². The lowest BCUT2D eigenvalue weighted by atomic mass is 10.2. The van der Waals surface area contributed by atoms with Gasteiger partial charge in [0.05, 0.1) is 6.61 Å². The third kappa shape index (κ3) is 10.3. The van der Waals surface area contributed by atoms with Crippen LogP contribution >= 0.6 is 0 Å². The highest BCUT2D eigenvalue weighted by Gasteiger charge is 2.15. The molecule has 0 N–H and O–H groups in total. The van der Waals surface area contributed by atoms with Crippen LogP contribution in [0.25, 0.3) is 0 Å². The van der Waals surface area contributed by atoms with E-state index in [1.807, 2.05) is 0 Å². The fourth-order valence-corrected chi connectivity index (χ4v) is 2.67. The van der Waals surface area contributed by atoms with Gasteiger partial charge in [0.15, 0.2) is 11.5 Å². The van der Waals surface area contributed by atoms with Gasteiger partial charge < -0.3 is 14.2 Å². The Morgan fingerprint density at radius 2 is 1.25 bits per heavy atom. The lowest BCUT2D eigenvalue weighted by Crippen LogP contribution is -2.12. The van der Waals surface area contributed by atoms with Crippen LogP contribution in [0, 0.1) is 0 Å². The number of rotatable bonds is 15. The summed E-state index contributed by atoms with van der Waals surface area (Å²) >= 11 is 0. The van der Waals surface area contributed by atoms with Crippen LogP contribution in [0.2, 0.25) is 0 Å². The number of unbranched alkanes of at least 4 members (excludes halogenated alkanes) is 6. The molecule has 0 saturated carbocycles. The summed E-state index contributed by atoms with van der Waals surface area (Å²) in [6.45, 7) is 6.91. The zero-order valence-corrected chi connectivity index (χ0v) is 17.8. The Morgan fingerprint density at radius 1 is 0.714 bits per heavy atom. The van der Waals surface area contributed by atoms with Crippen molar-refractivity contribution in [2.24, 2.45) is 0 Å². The predicted octanol–water partition coefficient (Wildman–Crippen LogP) is 6.23. The molecule has 0 amide bonds. The highest BCUT2D eigenvalue weighted by molar-refractivity contribution is 5.76. The van der Waals surface area contributed by atoms with Gasteiger partial charge >= 0.3 is 11.9 Å². The molecule has 158 valence electrons. The molecule has 0 fully saturated rings. The van der Waals surface area contributed by atoms with Gasteiger partial charge in [-0.05, 0) is 31.4 Å². The van der Waals surface area contributed by atoms with E-state index >= 15 is 0 Å². The summed E-state index contributed by atoms with van der Waals surface area (Å²) in [6, 6.07) is 5.02. The molecule has 28 heavy (non-hydrogen) atoms. The van der Waals surface area contributed by atoms with Gasteiger partial charge in [-0.25, -0.2) is 0 Å².